The third-order valence-electron chi connectivity index (χ3n) is 4.07. The second-order valence-electron chi connectivity index (χ2n) is 6.28. The van der Waals surface area contributed by atoms with Gasteiger partial charge in [0.05, 0.1) is 12.2 Å². The van der Waals surface area contributed by atoms with Gasteiger partial charge in [-0.3, -0.25) is 0 Å². The van der Waals surface area contributed by atoms with E-state index in [2.05, 4.69) is 46.9 Å². The lowest BCUT2D eigenvalue weighted by molar-refractivity contribution is -0.0640. The maximum absolute atomic E-state index is 6.17. The van der Waals surface area contributed by atoms with Crippen molar-refractivity contribution in [2.24, 2.45) is 5.92 Å². The molecule has 0 aliphatic rings. The van der Waals surface area contributed by atoms with Gasteiger partial charge in [-0.15, -0.1) is 0 Å². The van der Waals surface area contributed by atoms with Crippen LogP contribution >= 0.6 is 0 Å². The molecule has 0 aliphatic carbocycles. The van der Waals surface area contributed by atoms with Gasteiger partial charge >= 0.3 is 0 Å². The lowest BCUT2D eigenvalue weighted by Crippen LogP contribution is -2.44. The summed E-state index contributed by atoms with van der Waals surface area (Å²) in [4.78, 5) is 0. The molecule has 2 unspecified atom stereocenters. The molecule has 0 spiro atoms. The number of nitrogens with one attached hydrogen (secondary N) is 1. The second kappa shape index (κ2) is 7.38. The van der Waals surface area contributed by atoms with Crippen molar-refractivity contribution >= 4 is 0 Å². The monoisotopic (exact) mass is 243 g/mol. The van der Waals surface area contributed by atoms with Crippen molar-refractivity contribution < 1.29 is 4.74 Å². The Morgan fingerprint density at radius 1 is 1.18 bits per heavy atom. The average molecular weight is 243 g/mol. The Hall–Kier alpha value is -0.0800. The fourth-order valence-electron chi connectivity index (χ4n) is 1.53. The third-order valence-corrected chi connectivity index (χ3v) is 4.07. The first-order chi connectivity index (χ1) is 7.78. The molecule has 0 fully saturated rings. The van der Waals surface area contributed by atoms with Gasteiger partial charge in [-0.2, -0.15) is 0 Å². The molecule has 0 heterocycles. The van der Waals surface area contributed by atoms with Crippen LogP contribution in [0, 0.1) is 5.92 Å². The summed E-state index contributed by atoms with van der Waals surface area (Å²) in [7, 11) is 1.99. The van der Waals surface area contributed by atoms with Crippen LogP contribution in [-0.2, 0) is 4.74 Å². The van der Waals surface area contributed by atoms with E-state index in [1.54, 1.807) is 0 Å². The summed E-state index contributed by atoms with van der Waals surface area (Å²) in [6, 6.07) is 0. The zero-order valence-electron chi connectivity index (χ0n) is 13.0. The van der Waals surface area contributed by atoms with E-state index in [0.29, 0.717) is 0 Å². The topological polar surface area (TPSA) is 21.3 Å². The standard InChI is InChI=1S/C15H33NO/c1-8-13(3)10-11-15(6,9-2)17-12-14(4,5)16-7/h13,16H,8-12H2,1-7H3. The Morgan fingerprint density at radius 3 is 2.18 bits per heavy atom. The van der Waals surface area contributed by atoms with Crippen LogP contribution in [0.1, 0.15) is 67.2 Å². The zero-order chi connectivity index (χ0) is 13.5. The van der Waals surface area contributed by atoms with Crippen molar-refractivity contribution in [2.45, 2.75) is 78.4 Å². The van der Waals surface area contributed by atoms with Crippen LogP contribution in [-0.4, -0.2) is 24.8 Å². The number of hydrogen-bond acceptors (Lipinski definition) is 2. The summed E-state index contributed by atoms with van der Waals surface area (Å²) in [5.41, 5.74) is 0.102. The van der Waals surface area contributed by atoms with Gasteiger partial charge in [0.25, 0.3) is 0 Å². The number of hydrogen-bond donors (Lipinski definition) is 1. The van der Waals surface area contributed by atoms with E-state index >= 15 is 0 Å². The Bertz CT molecular complexity index is 203. The summed E-state index contributed by atoms with van der Waals surface area (Å²) in [6.45, 7) is 14.2. The highest BCUT2D eigenvalue weighted by molar-refractivity contribution is 4.80. The molecule has 0 amide bonds. The van der Waals surface area contributed by atoms with Crippen molar-refractivity contribution in [1.29, 1.82) is 0 Å². The van der Waals surface area contributed by atoms with Crippen LogP contribution in [0.25, 0.3) is 0 Å². The molecule has 0 aromatic carbocycles. The van der Waals surface area contributed by atoms with Crippen LogP contribution in [0.15, 0.2) is 0 Å². The third kappa shape index (κ3) is 7.05. The molecule has 17 heavy (non-hydrogen) atoms. The van der Waals surface area contributed by atoms with E-state index in [1.165, 1.54) is 12.8 Å². The van der Waals surface area contributed by atoms with Crippen LogP contribution in [0.5, 0.6) is 0 Å². The molecule has 0 rings (SSSR count). The van der Waals surface area contributed by atoms with E-state index in [4.69, 9.17) is 4.74 Å². The largest absolute Gasteiger partial charge is 0.373 e. The summed E-state index contributed by atoms with van der Waals surface area (Å²) in [5.74, 6) is 0.807. The van der Waals surface area contributed by atoms with Gasteiger partial charge in [0.15, 0.2) is 0 Å². The van der Waals surface area contributed by atoms with Crippen molar-refractivity contribution in [2.75, 3.05) is 13.7 Å². The minimum absolute atomic E-state index is 0.0392. The summed E-state index contributed by atoms with van der Waals surface area (Å²) in [6.07, 6.45) is 4.78. The first kappa shape index (κ1) is 16.9. The molecule has 0 aliphatic heterocycles. The first-order valence-corrected chi connectivity index (χ1v) is 7.11. The lowest BCUT2D eigenvalue weighted by atomic mass is 9.91. The predicted octanol–water partition coefficient (Wildman–Crippen LogP) is 4.00. The average Bonchev–Trinajstić information content (AvgIpc) is 2.33. The van der Waals surface area contributed by atoms with E-state index in [1.807, 2.05) is 7.05 Å². The fourth-order valence-corrected chi connectivity index (χ4v) is 1.53. The first-order valence-electron chi connectivity index (χ1n) is 7.11. The molecule has 0 saturated heterocycles. The molecule has 0 bridgehead atoms. The maximum atomic E-state index is 6.17. The molecule has 2 atom stereocenters. The minimum Gasteiger partial charge on any atom is -0.373 e. The van der Waals surface area contributed by atoms with Gasteiger partial charge < -0.3 is 10.1 Å². The smallest absolute Gasteiger partial charge is 0.0653 e. The number of likely N-dealkylation sites (N-methyl/N-ethyl adjacent to an activating group) is 1. The van der Waals surface area contributed by atoms with Gasteiger partial charge in [0.2, 0.25) is 0 Å². The summed E-state index contributed by atoms with van der Waals surface area (Å²) < 4.78 is 6.17. The summed E-state index contributed by atoms with van der Waals surface area (Å²) in [5, 5.41) is 3.29. The van der Waals surface area contributed by atoms with Crippen LogP contribution in [0.2, 0.25) is 0 Å². The molecule has 2 heteroatoms. The molecule has 0 aromatic rings. The van der Waals surface area contributed by atoms with E-state index in [9.17, 15) is 0 Å². The Labute approximate surface area is 109 Å². The SMILES string of the molecule is CCC(C)CCC(C)(CC)OCC(C)(C)NC. The van der Waals surface area contributed by atoms with Gasteiger partial charge in [0, 0.05) is 5.54 Å². The van der Waals surface area contributed by atoms with Crippen LogP contribution in [0.3, 0.4) is 0 Å². The quantitative estimate of drug-likeness (QED) is 0.661. The van der Waals surface area contributed by atoms with Crippen LogP contribution < -0.4 is 5.32 Å². The van der Waals surface area contributed by atoms with Crippen molar-refractivity contribution in [1.82, 2.24) is 5.32 Å². The molecular weight excluding hydrogens is 210 g/mol. The molecule has 2 nitrogen and oxygen atoms in total. The van der Waals surface area contributed by atoms with Crippen molar-refractivity contribution in [3.8, 4) is 0 Å². The van der Waals surface area contributed by atoms with Gasteiger partial charge in [-0.05, 0) is 53.0 Å². The molecule has 0 radical (unpaired) electrons. The summed E-state index contributed by atoms with van der Waals surface area (Å²) >= 11 is 0. The predicted molar refractivity (Wildman–Crippen MR) is 76.5 cm³/mol. The van der Waals surface area contributed by atoms with Crippen molar-refractivity contribution in [3.63, 3.8) is 0 Å². The van der Waals surface area contributed by atoms with Gasteiger partial charge in [-0.25, -0.2) is 0 Å². The van der Waals surface area contributed by atoms with E-state index in [0.717, 1.165) is 25.4 Å². The highest BCUT2D eigenvalue weighted by atomic mass is 16.5. The number of rotatable bonds is 9. The highest BCUT2D eigenvalue weighted by Gasteiger charge is 2.26. The van der Waals surface area contributed by atoms with Crippen LogP contribution in [0.4, 0.5) is 0 Å². The molecule has 0 saturated carbocycles. The Morgan fingerprint density at radius 2 is 1.76 bits per heavy atom. The van der Waals surface area contributed by atoms with E-state index in [-0.39, 0.29) is 11.1 Å². The maximum Gasteiger partial charge on any atom is 0.0653 e. The molecule has 1 N–H and O–H groups in total. The van der Waals surface area contributed by atoms with Crippen molar-refractivity contribution in [3.05, 3.63) is 0 Å². The normalized spacial score (nSPS) is 17.8. The van der Waals surface area contributed by atoms with Gasteiger partial charge in [0.1, 0.15) is 0 Å². The lowest BCUT2D eigenvalue weighted by Gasteiger charge is -2.34. The molecular formula is C15H33NO. The Balaban J connectivity index is 4.18. The molecule has 104 valence electrons. The van der Waals surface area contributed by atoms with E-state index < -0.39 is 0 Å². The Kier molecular flexibility index (Phi) is 7.34. The zero-order valence-corrected chi connectivity index (χ0v) is 13.0. The fraction of sp³-hybridized carbons (Fsp3) is 1.00. The number of ether oxygens (including phenoxy) is 1. The second-order valence-corrected chi connectivity index (χ2v) is 6.28. The molecule has 0 aromatic heterocycles. The minimum atomic E-state index is 0.0392. The highest BCUT2D eigenvalue weighted by Crippen LogP contribution is 2.26. The van der Waals surface area contributed by atoms with Gasteiger partial charge in [-0.1, -0.05) is 27.2 Å².